The first-order valence-electron chi connectivity index (χ1n) is 9.00. The zero-order chi connectivity index (χ0) is 19.9. The number of nitrogens with zero attached hydrogens (tertiary/aromatic N) is 2. The summed E-state index contributed by atoms with van der Waals surface area (Å²) in [7, 11) is -3.74. The quantitative estimate of drug-likeness (QED) is 0.751. The molecule has 1 aliphatic carbocycles. The summed E-state index contributed by atoms with van der Waals surface area (Å²) in [6.07, 6.45) is 0.775. The Kier molecular flexibility index (Phi) is 4.83. The number of benzene rings is 1. The van der Waals surface area contributed by atoms with Crippen molar-refractivity contribution in [1.29, 1.82) is 0 Å². The Hall–Kier alpha value is -2.13. The lowest BCUT2D eigenvalue weighted by Gasteiger charge is -2.34. The van der Waals surface area contributed by atoms with E-state index in [9.17, 15) is 21.6 Å². The van der Waals surface area contributed by atoms with Crippen LogP contribution in [-0.2, 0) is 16.2 Å². The standard InChI is InChI=1S/C19H19F3N2O3S/c20-19(21,22)14-3-1-4-16(10-14)27-12-18-13-6-7-15(9-13)24(18)28(25,26)17-5-2-8-23-11-17/h1-5,8,10-11,13,15,18H,6-7,9,12H2/t13?,15?,18-/m0/s1. The summed E-state index contributed by atoms with van der Waals surface area (Å²) in [4.78, 5) is 4.01. The predicted molar refractivity (Wildman–Crippen MR) is 95.1 cm³/mol. The SMILES string of the molecule is O=S(=O)(c1cccnc1)N1C2CCC(C2)[C@@H]1COc1cccc(C(F)(F)F)c1. The van der Waals surface area contributed by atoms with Crippen molar-refractivity contribution in [2.24, 2.45) is 5.92 Å². The molecule has 5 nitrogen and oxygen atoms in total. The molecule has 2 aromatic rings. The Morgan fingerprint density at radius 1 is 1.18 bits per heavy atom. The Bertz CT molecular complexity index is 950. The van der Waals surface area contributed by atoms with Crippen LogP contribution in [0.2, 0.25) is 0 Å². The van der Waals surface area contributed by atoms with Gasteiger partial charge < -0.3 is 4.74 Å². The number of pyridine rings is 1. The van der Waals surface area contributed by atoms with Crippen molar-refractivity contribution >= 4 is 10.0 Å². The molecule has 2 unspecified atom stereocenters. The number of sulfonamides is 1. The number of alkyl halides is 3. The van der Waals surface area contributed by atoms with Gasteiger partial charge in [-0.3, -0.25) is 4.98 Å². The molecule has 0 N–H and O–H groups in total. The third-order valence-corrected chi connectivity index (χ3v) is 7.43. The van der Waals surface area contributed by atoms with Crippen LogP contribution in [0.4, 0.5) is 13.2 Å². The minimum absolute atomic E-state index is 0.0158. The molecular weight excluding hydrogens is 393 g/mol. The maximum Gasteiger partial charge on any atom is 0.416 e. The van der Waals surface area contributed by atoms with E-state index in [2.05, 4.69) is 4.98 Å². The normalized spacial score (nSPS) is 25.2. The monoisotopic (exact) mass is 412 g/mol. The summed E-state index contributed by atoms with van der Waals surface area (Å²) in [5, 5.41) is 0. The molecule has 1 aliphatic heterocycles. The highest BCUT2D eigenvalue weighted by Gasteiger charge is 2.51. The van der Waals surface area contributed by atoms with E-state index in [1.807, 2.05) is 0 Å². The topological polar surface area (TPSA) is 59.5 Å². The largest absolute Gasteiger partial charge is 0.492 e. The van der Waals surface area contributed by atoms with E-state index in [4.69, 9.17) is 4.74 Å². The van der Waals surface area contributed by atoms with Gasteiger partial charge in [0.2, 0.25) is 10.0 Å². The van der Waals surface area contributed by atoms with Crippen LogP contribution in [0, 0.1) is 5.92 Å². The molecule has 1 aromatic heterocycles. The first-order valence-corrected chi connectivity index (χ1v) is 10.4. The number of piperidine rings is 1. The summed E-state index contributed by atoms with van der Waals surface area (Å²) in [6.45, 7) is 0.0158. The predicted octanol–water partition coefficient (Wildman–Crippen LogP) is 3.72. The zero-order valence-corrected chi connectivity index (χ0v) is 15.7. The Labute approximate surface area is 161 Å². The second-order valence-electron chi connectivity index (χ2n) is 7.15. The highest BCUT2D eigenvalue weighted by molar-refractivity contribution is 7.89. The van der Waals surface area contributed by atoms with Gasteiger partial charge in [-0.25, -0.2) is 8.42 Å². The molecule has 0 radical (unpaired) electrons. The molecule has 0 amide bonds. The first kappa shape index (κ1) is 19.2. The third kappa shape index (κ3) is 3.48. The Balaban J connectivity index is 1.55. The van der Waals surface area contributed by atoms with Crippen LogP contribution in [0.1, 0.15) is 24.8 Å². The van der Waals surface area contributed by atoms with Gasteiger partial charge in [-0.2, -0.15) is 17.5 Å². The number of aromatic nitrogens is 1. The molecule has 1 saturated carbocycles. The molecule has 2 bridgehead atoms. The summed E-state index contributed by atoms with van der Waals surface area (Å²) >= 11 is 0. The molecule has 2 aliphatic rings. The van der Waals surface area contributed by atoms with Gasteiger partial charge in [0, 0.05) is 18.4 Å². The van der Waals surface area contributed by atoms with Crippen molar-refractivity contribution in [3.63, 3.8) is 0 Å². The molecule has 1 aromatic carbocycles. The maximum atomic E-state index is 13.1. The molecule has 2 heterocycles. The summed E-state index contributed by atoms with van der Waals surface area (Å²) in [6, 6.07) is 7.19. The van der Waals surface area contributed by atoms with Crippen LogP contribution < -0.4 is 4.74 Å². The summed E-state index contributed by atoms with van der Waals surface area (Å²) < 4.78 is 72.0. The van der Waals surface area contributed by atoms with E-state index in [-0.39, 0.29) is 29.2 Å². The number of fused-ring (bicyclic) bond motifs is 2. The number of rotatable bonds is 5. The lowest BCUT2D eigenvalue weighted by Crippen LogP contribution is -2.47. The molecule has 2 fully saturated rings. The van der Waals surface area contributed by atoms with Crippen molar-refractivity contribution in [2.75, 3.05) is 6.61 Å². The minimum Gasteiger partial charge on any atom is -0.492 e. The fraction of sp³-hybridized carbons (Fsp3) is 0.421. The van der Waals surface area contributed by atoms with Crippen molar-refractivity contribution in [2.45, 2.75) is 42.4 Å². The maximum absolute atomic E-state index is 13.1. The Morgan fingerprint density at radius 2 is 2.00 bits per heavy atom. The molecule has 3 atom stereocenters. The van der Waals surface area contributed by atoms with E-state index >= 15 is 0 Å². The van der Waals surface area contributed by atoms with Gasteiger partial charge in [0.05, 0.1) is 11.6 Å². The average molecular weight is 412 g/mol. The van der Waals surface area contributed by atoms with Crippen molar-refractivity contribution in [1.82, 2.24) is 9.29 Å². The van der Waals surface area contributed by atoms with Gasteiger partial charge >= 0.3 is 6.18 Å². The van der Waals surface area contributed by atoms with Gasteiger partial charge in [0.25, 0.3) is 0 Å². The fourth-order valence-corrected chi connectivity index (χ4v) is 6.06. The van der Waals surface area contributed by atoms with E-state index in [0.29, 0.717) is 0 Å². The van der Waals surface area contributed by atoms with Crippen LogP contribution in [0.25, 0.3) is 0 Å². The van der Waals surface area contributed by atoms with Crippen LogP contribution in [0.5, 0.6) is 5.75 Å². The molecule has 4 rings (SSSR count). The van der Waals surface area contributed by atoms with Gasteiger partial charge in [-0.15, -0.1) is 0 Å². The average Bonchev–Trinajstić information content (AvgIpc) is 3.28. The smallest absolute Gasteiger partial charge is 0.416 e. The van der Waals surface area contributed by atoms with Crippen LogP contribution in [-0.4, -0.2) is 36.4 Å². The van der Waals surface area contributed by atoms with Gasteiger partial charge in [-0.05, 0) is 55.5 Å². The van der Waals surface area contributed by atoms with Crippen LogP contribution in [0.15, 0.2) is 53.7 Å². The van der Waals surface area contributed by atoms with Gasteiger partial charge in [0.15, 0.2) is 0 Å². The van der Waals surface area contributed by atoms with Gasteiger partial charge in [0.1, 0.15) is 17.3 Å². The van der Waals surface area contributed by atoms with E-state index in [1.54, 1.807) is 6.07 Å². The molecule has 1 saturated heterocycles. The second-order valence-corrected chi connectivity index (χ2v) is 9.00. The van der Waals surface area contributed by atoms with E-state index in [1.165, 1.54) is 34.9 Å². The molecule has 150 valence electrons. The minimum atomic E-state index is -4.46. The summed E-state index contributed by atoms with van der Waals surface area (Å²) in [5.41, 5.74) is -0.794. The lowest BCUT2D eigenvalue weighted by molar-refractivity contribution is -0.137. The molecule has 28 heavy (non-hydrogen) atoms. The number of hydrogen-bond acceptors (Lipinski definition) is 4. The first-order chi connectivity index (χ1) is 13.3. The van der Waals surface area contributed by atoms with E-state index < -0.39 is 27.8 Å². The zero-order valence-electron chi connectivity index (χ0n) is 14.8. The van der Waals surface area contributed by atoms with Crippen LogP contribution in [0.3, 0.4) is 0 Å². The highest BCUT2D eigenvalue weighted by atomic mass is 32.2. The lowest BCUT2D eigenvalue weighted by atomic mass is 10.0. The van der Waals surface area contributed by atoms with E-state index in [0.717, 1.165) is 31.4 Å². The third-order valence-electron chi connectivity index (χ3n) is 5.47. The fourth-order valence-electron chi connectivity index (χ4n) is 4.20. The molecule has 0 spiro atoms. The number of ether oxygens (including phenoxy) is 1. The van der Waals surface area contributed by atoms with Gasteiger partial charge in [-0.1, -0.05) is 6.07 Å². The number of halogens is 3. The van der Waals surface area contributed by atoms with Crippen LogP contribution >= 0.6 is 0 Å². The second kappa shape index (κ2) is 7.04. The molecular formula is C19H19F3N2O3S. The van der Waals surface area contributed by atoms with Crippen molar-refractivity contribution in [3.05, 3.63) is 54.4 Å². The van der Waals surface area contributed by atoms with Crippen molar-refractivity contribution in [3.8, 4) is 5.75 Å². The number of hydrogen-bond donors (Lipinski definition) is 0. The highest BCUT2D eigenvalue weighted by Crippen LogP contribution is 2.45. The van der Waals surface area contributed by atoms with Crippen molar-refractivity contribution < 1.29 is 26.3 Å². The molecule has 9 heteroatoms. The Morgan fingerprint density at radius 3 is 2.71 bits per heavy atom. The summed E-state index contributed by atoms with van der Waals surface area (Å²) in [5.74, 6) is 0.221.